The van der Waals surface area contributed by atoms with Crippen molar-refractivity contribution < 1.29 is 4.74 Å². The van der Waals surface area contributed by atoms with Crippen LogP contribution in [0.1, 0.15) is 18.4 Å². The average Bonchev–Trinajstić information content (AvgIpc) is 2.23. The normalized spacial score (nSPS) is 18.1. The number of pyridine rings is 1. The van der Waals surface area contributed by atoms with Crippen LogP contribution in [0, 0.1) is 6.92 Å². The van der Waals surface area contributed by atoms with Gasteiger partial charge in [-0.3, -0.25) is 0 Å². The zero-order valence-corrected chi connectivity index (χ0v) is 8.49. The van der Waals surface area contributed by atoms with Crippen molar-refractivity contribution in [3.63, 3.8) is 0 Å². The first-order valence-corrected chi connectivity index (χ1v) is 5.11. The second-order valence-electron chi connectivity index (χ2n) is 3.75. The molecule has 2 heterocycles. The average molecular weight is 192 g/mol. The zero-order valence-electron chi connectivity index (χ0n) is 8.49. The third-order valence-corrected chi connectivity index (χ3v) is 2.48. The summed E-state index contributed by atoms with van der Waals surface area (Å²) in [5.74, 6) is 0.975. The van der Waals surface area contributed by atoms with E-state index in [1.807, 2.05) is 19.2 Å². The van der Waals surface area contributed by atoms with Crippen molar-refractivity contribution >= 4 is 5.82 Å². The van der Waals surface area contributed by atoms with Gasteiger partial charge >= 0.3 is 0 Å². The van der Waals surface area contributed by atoms with Crippen LogP contribution in [0.5, 0.6) is 0 Å². The van der Waals surface area contributed by atoms with Gasteiger partial charge in [-0.1, -0.05) is 6.07 Å². The minimum Gasteiger partial charge on any atom is -0.381 e. The number of rotatable bonds is 2. The fourth-order valence-electron chi connectivity index (χ4n) is 1.60. The van der Waals surface area contributed by atoms with E-state index in [9.17, 15) is 0 Å². The molecule has 0 unspecified atom stereocenters. The number of ether oxygens (including phenoxy) is 1. The lowest BCUT2D eigenvalue weighted by atomic mass is 10.1. The third-order valence-electron chi connectivity index (χ3n) is 2.48. The van der Waals surface area contributed by atoms with Crippen LogP contribution in [0.2, 0.25) is 0 Å². The molecule has 0 spiro atoms. The maximum absolute atomic E-state index is 5.30. The van der Waals surface area contributed by atoms with Gasteiger partial charge in [0.05, 0.1) is 0 Å². The van der Waals surface area contributed by atoms with Gasteiger partial charge in [-0.05, 0) is 31.4 Å². The molecule has 0 aliphatic carbocycles. The van der Waals surface area contributed by atoms with Crippen LogP contribution >= 0.6 is 0 Å². The van der Waals surface area contributed by atoms with Crippen LogP contribution in [-0.2, 0) is 4.74 Å². The Kier molecular flexibility index (Phi) is 2.99. The zero-order chi connectivity index (χ0) is 9.80. The van der Waals surface area contributed by atoms with Crippen molar-refractivity contribution in [1.29, 1.82) is 0 Å². The summed E-state index contributed by atoms with van der Waals surface area (Å²) in [6.07, 6.45) is 4.05. The van der Waals surface area contributed by atoms with E-state index >= 15 is 0 Å². The summed E-state index contributed by atoms with van der Waals surface area (Å²) in [5, 5.41) is 3.42. The molecular formula is C11H16N2O. The van der Waals surface area contributed by atoms with Gasteiger partial charge in [0.25, 0.3) is 0 Å². The molecule has 2 rings (SSSR count). The summed E-state index contributed by atoms with van der Waals surface area (Å²) < 4.78 is 5.30. The van der Waals surface area contributed by atoms with E-state index in [1.165, 1.54) is 5.56 Å². The Morgan fingerprint density at radius 1 is 1.36 bits per heavy atom. The Morgan fingerprint density at radius 3 is 2.79 bits per heavy atom. The molecule has 1 aromatic heterocycles. The molecule has 1 fully saturated rings. The Labute approximate surface area is 84.5 Å². The second kappa shape index (κ2) is 4.42. The highest BCUT2D eigenvalue weighted by Crippen LogP contribution is 2.12. The molecular weight excluding hydrogens is 176 g/mol. The second-order valence-corrected chi connectivity index (χ2v) is 3.75. The van der Waals surface area contributed by atoms with Crippen LogP contribution in [0.3, 0.4) is 0 Å². The standard InChI is InChI=1S/C11H16N2O/c1-9-2-3-11(12-8-9)13-10-4-6-14-7-5-10/h2-3,8,10H,4-7H2,1H3,(H,12,13). The van der Waals surface area contributed by atoms with E-state index in [0.29, 0.717) is 6.04 Å². The van der Waals surface area contributed by atoms with Gasteiger partial charge in [-0.15, -0.1) is 0 Å². The largest absolute Gasteiger partial charge is 0.381 e. The Bertz CT molecular complexity index is 278. The number of hydrogen-bond donors (Lipinski definition) is 1. The lowest BCUT2D eigenvalue weighted by Crippen LogP contribution is -2.28. The minimum absolute atomic E-state index is 0.527. The summed E-state index contributed by atoms with van der Waals surface area (Å²) in [7, 11) is 0. The van der Waals surface area contributed by atoms with Crippen molar-refractivity contribution in [3.8, 4) is 0 Å². The molecule has 3 heteroatoms. The lowest BCUT2D eigenvalue weighted by molar-refractivity contribution is 0.0904. The van der Waals surface area contributed by atoms with Gasteiger partial charge < -0.3 is 10.1 Å². The fourth-order valence-corrected chi connectivity index (χ4v) is 1.60. The van der Waals surface area contributed by atoms with E-state index in [4.69, 9.17) is 4.74 Å². The van der Waals surface area contributed by atoms with E-state index in [0.717, 1.165) is 31.9 Å². The molecule has 0 bridgehead atoms. The van der Waals surface area contributed by atoms with Crippen molar-refractivity contribution in [3.05, 3.63) is 23.9 Å². The van der Waals surface area contributed by atoms with Crippen molar-refractivity contribution in [1.82, 2.24) is 4.98 Å². The summed E-state index contributed by atoms with van der Waals surface area (Å²) in [6.45, 7) is 3.78. The number of anilines is 1. The predicted octanol–water partition coefficient (Wildman–Crippen LogP) is 1.98. The van der Waals surface area contributed by atoms with Crippen molar-refractivity contribution in [2.24, 2.45) is 0 Å². The molecule has 76 valence electrons. The maximum atomic E-state index is 5.30. The number of aryl methyl sites for hydroxylation is 1. The first-order valence-electron chi connectivity index (χ1n) is 5.11. The molecule has 0 atom stereocenters. The number of nitrogens with zero attached hydrogens (tertiary/aromatic N) is 1. The fraction of sp³-hybridized carbons (Fsp3) is 0.545. The highest BCUT2D eigenvalue weighted by Gasteiger charge is 2.13. The molecule has 1 aliphatic rings. The van der Waals surface area contributed by atoms with Crippen LogP contribution in [0.15, 0.2) is 18.3 Å². The quantitative estimate of drug-likeness (QED) is 0.778. The van der Waals surface area contributed by atoms with Crippen LogP contribution in [-0.4, -0.2) is 24.2 Å². The highest BCUT2D eigenvalue weighted by atomic mass is 16.5. The van der Waals surface area contributed by atoms with Gasteiger partial charge in [0.2, 0.25) is 0 Å². The Hall–Kier alpha value is -1.09. The van der Waals surface area contributed by atoms with E-state index in [2.05, 4.69) is 16.4 Å². The smallest absolute Gasteiger partial charge is 0.126 e. The Morgan fingerprint density at radius 2 is 2.14 bits per heavy atom. The minimum atomic E-state index is 0.527. The molecule has 0 amide bonds. The third kappa shape index (κ3) is 2.45. The van der Waals surface area contributed by atoms with Gasteiger partial charge in [0, 0.05) is 25.5 Å². The summed E-state index contributed by atoms with van der Waals surface area (Å²) in [4.78, 5) is 4.32. The van der Waals surface area contributed by atoms with E-state index in [1.54, 1.807) is 0 Å². The lowest BCUT2D eigenvalue weighted by Gasteiger charge is -2.23. The first kappa shape index (κ1) is 9.46. The molecule has 1 saturated heterocycles. The van der Waals surface area contributed by atoms with E-state index in [-0.39, 0.29) is 0 Å². The molecule has 0 saturated carbocycles. The van der Waals surface area contributed by atoms with Crippen molar-refractivity contribution in [2.75, 3.05) is 18.5 Å². The summed E-state index contributed by atoms with van der Waals surface area (Å²) >= 11 is 0. The van der Waals surface area contributed by atoms with Crippen LogP contribution in [0.4, 0.5) is 5.82 Å². The Balaban J connectivity index is 1.92. The number of hydrogen-bond acceptors (Lipinski definition) is 3. The molecule has 1 aliphatic heterocycles. The molecule has 0 radical (unpaired) electrons. The van der Waals surface area contributed by atoms with Crippen molar-refractivity contribution in [2.45, 2.75) is 25.8 Å². The predicted molar refractivity (Wildman–Crippen MR) is 56.4 cm³/mol. The van der Waals surface area contributed by atoms with Gasteiger partial charge in [0.1, 0.15) is 5.82 Å². The van der Waals surface area contributed by atoms with Gasteiger partial charge in [-0.2, -0.15) is 0 Å². The monoisotopic (exact) mass is 192 g/mol. The topological polar surface area (TPSA) is 34.1 Å². The summed E-state index contributed by atoms with van der Waals surface area (Å²) in [5.41, 5.74) is 1.20. The maximum Gasteiger partial charge on any atom is 0.126 e. The van der Waals surface area contributed by atoms with Gasteiger partial charge in [-0.25, -0.2) is 4.98 Å². The molecule has 14 heavy (non-hydrogen) atoms. The number of nitrogens with one attached hydrogen (secondary N) is 1. The molecule has 1 N–H and O–H groups in total. The number of aromatic nitrogens is 1. The van der Waals surface area contributed by atoms with E-state index < -0.39 is 0 Å². The van der Waals surface area contributed by atoms with Gasteiger partial charge in [0.15, 0.2) is 0 Å². The van der Waals surface area contributed by atoms with Crippen LogP contribution in [0.25, 0.3) is 0 Å². The SMILES string of the molecule is Cc1ccc(NC2CCOCC2)nc1. The summed E-state index contributed by atoms with van der Waals surface area (Å²) in [6, 6.07) is 4.64. The highest BCUT2D eigenvalue weighted by molar-refractivity contribution is 5.36. The first-order chi connectivity index (χ1) is 6.84. The molecule has 0 aromatic carbocycles. The molecule has 1 aromatic rings. The van der Waals surface area contributed by atoms with Crippen LogP contribution < -0.4 is 5.32 Å². The molecule has 3 nitrogen and oxygen atoms in total.